The average molecular weight is 265 g/mol. The molecule has 1 atom stereocenters. The summed E-state index contributed by atoms with van der Waals surface area (Å²) in [6.07, 6.45) is 0.151. The number of carbonyl (C=O) groups excluding carboxylic acids is 2. The lowest BCUT2D eigenvalue weighted by molar-refractivity contribution is -0.152. The van der Waals surface area contributed by atoms with Crippen molar-refractivity contribution in [3.05, 3.63) is 30.3 Å². The van der Waals surface area contributed by atoms with Crippen molar-refractivity contribution in [3.63, 3.8) is 0 Å². The Bertz CT molecular complexity index is 405. The van der Waals surface area contributed by atoms with Gasteiger partial charge >= 0.3 is 12.1 Å². The largest absolute Gasteiger partial charge is 0.463 e. The molecule has 0 fully saturated rings. The van der Waals surface area contributed by atoms with Crippen LogP contribution in [0.15, 0.2) is 30.3 Å². The minimum atomic E-state index is -0.916. The number of unbranched alkanes of at least 4 members (excludes halogenated alkanes) is 1. The summed E-state index contributed by atoms with van der Waals surface area (Å²) < 4.78 is 9.87. The summed E-state index contributed by atoms with van der Waals surface area (Å²) in [4.78, 5) is 23.0. The summed E-state index contributed by atoms with van der Waals surface area (Å²) in [5, 5.41) is 2.53. The highest BCUT2D eigenvalue weighted by molar-refractivity contribution is 5.87. The van der Waals surface area contributed by atoms with Gasteiger partial charge in [0.25, 0.3) is 0 Å². The maximum atomic E-state index is 11.5. The van der Waals surface area contributed by atoms with Gasteiger partial charge in [-0.15, -0.1) is 0 Å². The second kappa shape index (κ2) is 8.13. The first-order valence-electron chi connectivity index (χ1n) is 6.32. The molecule has 0 bridgehead atoms. The number of carbonyl (C=O) groups is 2. The highest BCUT2D eigenvalue weighted by Crippen LogP contribution is 2.06. The van der Waals surface area contributed by atoms with Gasteiger partial charge in [0.2, 0.25) is 0 Å². The number of esters is 1. The van der Waals surface area contributed by atoms with E-state index in [-0.39, 0.29) is 0 Å². The van der Waals surface area contributed by atoms with Crippen molar-refractivity contribution < 1.29 is 19.1 Å². The van der Waals surface area contributed by atoms with Crippen LogP contribution in [0.2, 0.25) is 0 Å². The molecule has 0 unspecified atom stereocenters. The molecule has 1 aromatic rings. The molecule has 0 heterocycles. The first kappa shape index (κ1) is 15.0. The molecule has 5 nitrogen and oxygen atoms in total. The van der Waals surface area contributed by atoms with E-state index in [1.54, 1.807) is 24.3 Å². The molecule has 1 aromatic carbocycles. The van der Waals surface area contributed by atoms with Gasteiger partial charge in [-0.05, 0) is 25.5 Å². The maximum Gasteiger partial charge on any atom is 0.412 e. The lowest BCUT2D eigenvalue weighted by Crippen LogP contribution is -2.28. The van der Waals surface area contributed by atoms with Crippen molar-refractivity contribution in [1.82, 2.24) is 0 Å². The fraction of sp³-hybridized carbons (Fsp3) is 0.429. The minimum Gasteiger partial charge on any atom is -0.463 e. The standard InChI is InChI=1S/C14H19NO4/c1-3-4-10-18-13(16)11(2)19-14(17)15-12-8-6-5-7-9-12/h5-9,11H,3-4,10H2,1-2H3,(H,15,17)/t11-/m0/s1. The van der Waals surface area contributed by atoms with Crippen LogP contribution in [0.5, 0.6) is 0 Å². The quantitative estimate of drug-likeness (QED) is 0.634. The lowest BCUT2D eigenvalue weighted by Gasteiger charge is -2.13. The molecular weight excluding hydrogens is 246 g/mol. The Balaban J connectivity index is 2.33. The summed E-state index contributed by atoms with van der Waals surface area (Å²) >= 11 is 0. The van der Waals surface area contributed by atoms with Crippen LogP contribution in [0, 0.1) is 0 Å². The Morgan fingerprint density at radius 2 is 1.95 bits per heavy atom. The number of rotatable bonds is 6. The summed E-state index contributed by atoms with van der Waals surface area (Å²) in [6, 6.07) is 8.87. The van der Waals surface area contributed by atoms with Crippen LogP contribution in [0.3, 0.4) is 0 Å². The summed E-state index contributed by atoms with van der Waals surface area (Å²) in [6.45, 7) is 3.84. The first-order chi connectivity index (χ1) is 9.13. The number of hydrogen-bond donors (Lipinski definition) is 1. The van der Waals surface area contributed by atoms with E-state index in [1.807, 2.05) is 13.0 Å². The van der Waals surface area contributed by atoms with Crippen LogP contribution >= 0.6 is 0 Å². The number of amides is 1. The molecule has 0 aliphatic heterocycles. The predicted octanol–water partition coefficient (Wildman–Crippen LogP) is 2.97. The zero-order valence-electron chi connectivity index (χ0n) is 11.2. The van der Waals surface area contributed by atoms with E-state index < -0.39 is 18.2 Å². The Morgan fingerprint density at radius 1 is 1.26 bits per heavy atom. The summed E-state index contributed by atoms with van der Waals surface area (Å²) in [5.41, 5.74) is 0.610. The van der Waals surface area contributed by atoms with Crippen molar-refractivity contribution in [2.45, 2.75) is 32.8 Å². The van der Waals surface area contributed by atoms with Crippen LogP contribution < -0.4 is 5.32 Å². The second-order valence-electron chi connectivity index (χ2n) is 4.06. The smallest absolute Gasteiger partial charge is 0.412 e. The maximum absolute atomic E-state index is 11.5. The van der Waals surface area contributed by atoms with Gasteiger partial charge in [-0.3, -0.25) is 5.32 Å². The van der Waals surface area contributed by atoms with E-state index in [0.717, 1.165) is 12.8 Å². The monoisotopic (exact) mass is 265 g/mol. The normalized spacial score (nSPS) is 11.5. The molecule has 19 heavy (non-hydrogen) atoms. The number of nitrogens with one attached hydrogen (secondary N) is 1. The van der Waals surface area contributed by atoms with Crippen molar-refractivity contribution in [3.8, 4) is 0 Å². The molecule has 1 rings (SSSR count). The van der Waals surface area contributed by atoms with E-state index in [1.165, 1.54) is 6.92 Å². The predicted molar refractivity (Wildman–Crippen MR) is 71.9 cm³/mol. The van der Waals surface area contributed by atoms with E-state index in [4.69, 9.17) is 9.47 Å². The topological polar surface area (TPSA) is 64.6 Å². The van der Waals surface area contributed by atoms with Crippen LogP contribution in [0.4, 0.5) is 10.5 Å². The van der Waals surface area contributed by atoms with Gasteiger partial charge in [0.1, 0.15) is 0 Å². The Labute approximate surface area is 112 Å². The van der Waals surface area contributed by atoms with E-state index in [0.29, 0.717) is 12.3 Å². The molecule has 0 saturated heterocycles. The van der Waals surface area contributed by atoms with E-state index in [2.05, 4.69) is 5.32 Å². The van der Waals surface area contributed by atoms with Crippen molar-refractivity contribution in [2.75, 3.05) is 11.9 Å². The van der Waals surface area contributed by atoms with E-state index in [9.17, 15) is 9.59 Å². The molecular formula is C14H19NO4. The number of ether oxygens (including phenoxy) is 2. The van der Waals surface area contributed by atoms with Crippen LogP contribution in [0.1, 0.15) is 26.7 Å². The third kappa shape index (κ3) is 5.90. The molecule has 0 spiro atoms. The zero-order chi connectivity index (χ0) is 14.1. The fourth-order valence-electron chi connectivity index (χ4n) is 1.31. The van der Waals surface area contributed by atoms with Gasteiger partial charge in [-0.1, -0.05) is 31.5 Å². The van der Waals surface area contributed by atoms with Gasteiger partial charge in [-0.2, -0.15) is 0 Å². The van der Waals surface area contributed by atoms with Gasteiger partial charge in [0.05, 0.1) is 6.61 Å². The summed E-state index contributed by atoms with van der Waals surface area (Å²) in [7, 11) is 0. The number of anilines is 1. The van der Waals surface area contributed by atoms with Crippen LogP contribution in [0.25, 0.3) is 0 Å². The second-order valence-corrected chi connectivity index (χ2v) is 4.06. The summed E-state index contributed by atoms with van der Waals surface area (Å²) in [5.74, 6) is -0.531. The minimum absolute atomic E-state index is 0.351. The molecule has 0 aliphatic rings. The van der Waals surface area contributed by atoms with Gasteiger partial charge in [0.15, 0.2) is 6.10 Å². The molecule has 0 aliphatic carbocycles. The molecule has 1 amide bonds. The van der Waals surface area contributed by atoms with Gasteiger partial charge < -0.3 is 9.47 Å². The Hall–Kier alpha value is -2.04. The Kier molecular flexibility index (Phi) is 6.43. The number of benzene rings is 1. The first-order valence-corrected chi connectivity index (χ1v) is 6.32. The van der Waals surface area contributed by atoms with Crippen molar-refractivity contribution in [1.29, 1.82) is 0 Å². The van der Waals surface area contributed by atoms with E-state index >= 15 is 0 Å². The van der Waals surface area contributed by atoms with Gasteiger partial charge in [0, 0.05) is 5.69 Å². The molecule has 1 N–H and O–H groups in total. The number of hydrogen-bond acceptors (Lipinski definition) is 4. The molecule has 0 radical (unpaired) electrons. The SMILES string of the molecule is CCCCOC(=O)[C@H](C)OC(=O)Nc1ccccc1. The van der Waals surface area contributed by atoms with Crippen LogP contribution in [-0.2, 0) is 14.3 Å². The third-order valence-corrected chi connectivity index (χ3v) is 2.38. The molecule has 5 heteroatoms. The Morgan fingerprint density at radius 3 is 2.58 bits per heavy atom. The molecule has 104 valence electrons. The molecule has 0 saturated carbocycles. The molecule has 0 aromatic heterocycles. The van der Waals surface area contributed by atoms with Crippen molar-refractivity contribution in [2.24, 2.45) is 0 Å². The highest BCUT2D eigenvalue weighted by Gasteiger charge is 2.18. The average Bonchev–Trinajstić information content (AvgIpc) is 2.39. The van der Waals surface area contributed by atoms with Gasteiger partial charge in [-0.25, -0.2) is 9.59 Å². The van der Waals surface area contributed by atoms with Crippen LogP contribution in [-0.4, -0.2) is 24.8 Å². The lowest BCUT2D eigenvalue weighted by atomic mass is 10.3. The number of para-hydroxylation sites is 1. The fourth-order valence-corrected chi connectivity index (χ4v) is 1.31. The van der Waals surface area contributed by atoms with Crippen molar-refractivity contribution >= 4 is 17.7 Å². The third-order valence-electron chi connectivity index (χ3n) is 2.38. The zero-order valence-corrected chi connectivity index (χ0v) is 11.2. The highest BCUT2D eigenvalue weighted by atomic mass is 16.6.